The molecule has 1 fully saturated rings. The van der Waals surface area contributed by atoms with Gasteiger partial charge in [0.25, 0.3) is 0 Å². The standard InChI is InChI=1S/C6H10FNO/c1-5-4-6(7)8-2-3-9-5/h6,8H,1-4H2. The molecule has 1 rings (SSSR count). The van der Waals surface area contributed by atoms with Gasteiger partial charge < -0.3 is 4.74 Å². The summed E-state index contributed by atoms with van der Waals surface area (Å²) in [5.41, 5.74) is 0. The van der Waals surface area contributed by atoms with Crippen molar-refractivity contribution in [2.24, 2.45) is 0 Å². The van der Waals surface area contributed by atoms with Crippen LogP contribution >= 0.6 is 0 Å². The summed E-state index contributed by atoms with van der Waals surface area (Å²) in [5.74, 6) is 0.535. The minimum absolute atomic E-state index is 0.278. The van der Waals surface area contributed by atoms with Crippen LogP contribution in [0, 0.1) is 0 Å². The van der Waals surface area contributed by atoms with Crippen molar-refractivity contribution in [1.82, 2.24) is 5.32 Å². The van der Waals surface area contributed by atoms with Crippen LogP contribution < -0.4 is 5.32 Å². The summed E-state index contributed by atoms with van der Waals surface area (Å²) >= 11 is 0. The summed E-state index contributed by atoms with van der Waals surface area (Å²) in [6, 6.07) is 0. The van der Waals surface area contributed by atoms with E-state index in [0.29, 0.717) is 18.9 Å². The molecule has 1 aliphatic heterocycles. The number of halogens is 1. The third-order valence-electron chi connectivity index (χ3n) is 1.18. The van der Waals surface area contributed by atoms with Crippen LogP contribution in [0.1, 0.15) is 6.42 Å². The molecular weight excluding hydrogens is 121 g/mol. The van der Waals surface area contributed by atoms with Gasteiger partial charge in [0.05, 0.1) is 5.76 Å². The number of alkyl halides is 1. The van der Waals surface area contributed by atoms with Crippen molar-refractivity contribution >= 4 is 0 Å². The summed E-state index contributed by atoms with van der Waals surface area (Å²) in [4.78, 5) is 0. The molecule has 1 unspecified atom stereocenters. The minimum Gasteiger partial charge on any atom is -0.497 e. The molecule has 1 aliphatic rings. The van der Waals surface area contributed by atoms with Gasteiger partial charge >= 0.3 is 0 Å². The molecule has 1 saturated heterocycles. The molecule has 0 aromatic carbocycles. The minimum atomic E-state index is -0.972. The van der Waals surface area contributed by atoms with Gasteiger partial charge in [-0.05, 0) is 0 Å². The summed E-state index contributed by atoms with van der Waals surface area (Å²) in [6.45, 7) is 4.62. The third-order valence-corrected chi connectivity index (χ3v) is 1.18. The highest BCUT2D eigenvalue weighted by atomic mass is 19.1. The van der Waals surface area contributed by atoms with Crippen LogP contribution in [0.5, 0.6) is 0 Å². The molecule has 0 aromatic heterocycles. The Morgan fingerprint density at radius 2 is 2.56 bits per heavy atom. The molecule has 9 heavy (non-hydrogen) atoms. The lowest BCUT2D eigenvalue weighted by atomic mass is 10.3. The lowest BCUT2D eigenvalue weighted by Gasteiger charge is -2.02. The predicted molar refractivity (Wildman–Crippen MR) is 32.6 cm³/mol. The van der Waals surface area contributed by atoms with Crippen LogP contribution in [0.15, 0.2) is 12.3 Å². The Hall–Kier alpha value is -0.570. The largest absolute Gasteiger partial charge is 0.497 e. The number of hydrogen-bond donors (Lipinski definition) is 1. The average molecular weight is 131 g/mol. The molecule has 0 spiro atoms. The van der Waals surface area contributed by atoms with E-state index in [1.165, 1.54) is 0 Å². The second-order valence-electron chi connectivity index (χ2n) is 2.01. The quantitative estimate of drug-likeness (QED) is 0.491. The van der Waals surface area contributed by atoms with E-state index in [-0.39, 0.29) is 6.42 Å². The zero-order chi connectivity index (χ0) is 6.69. The summed E-state index contributed by atoms with van der Waals surface area (Å²) < 4.78 is 17.4. The molecule has 0 radical (unpaired) electrons. The molecule has 1 heterocycles. The first-order chi connectivity index (χ1) is 4.29. The van der Waals surface area contributed by atoms with Crippen molar-refractivity contribution in [3.8, 4) is 0 Å². The number of ether oxygens (including phenoxy) is 1. The van der Waals surface area contributed by atoms with Crippen LogP contribution in [0.3, 0.4) is 0 Å². The van der Waals surface area contributed by atoms with E-state index in [1.807, 2.05) is 0 Å². The van der Waals surface area contributed by atoms with Crippen molar-refractivity contribution in [1.29, 1.82) is 0 Å². The van der Waals surface area contributed by atoms with Gasteiger partial charge in [-0.2, -0.15) is 0 Å². The molecule has 3 heteroatoms. The Morgan fingerprint density at radius 1 is 1.78 bits per heavy atom. The van der Waals surface area contributed by atoms with Crippen LogP contribution in [0.25, 0.3) is 0 Å². The first-order valence-electron chi connectivity index (χ1n) is 2.97. The lowest BCUT2D eigenvalue weighted by Crippen LogP contribution is -2.24. The predicted octanol–water partition coefficient (Wildman–Crippen LogP) is 0.806. The highest BCUT2D eigenvalue weighted by Crippen LogP contribution is 2.08. The lowest BCUT2D eigenvalue weighted by molar-refractivity contribution is 0.219. The van der Waals surface area contributed by atoms with Gasteiger partial charge in [0.15, 0.2) is 6.30 Å². The van der Waals surface area contributed by atoms with Crippen LogP contribution in [0.2, 0.25) is 0 Å². The second kappa shape index (κ2) is 2.82. The second-order valence-corrected chi connectivity index (χ2v) is 2.01. The summed E-state index contributed by atoms with van der Waals surface area (Å²) in [7, 11) is 0. The van der Waals surface area contributed by atoms with Crippen LogP contribution in [-0.2, 0) is 4.74 Å². The fourth-order valence-electron chi connectivity index (χ4n) is 0.742. The fourth-order valence-corrected chi connectivity index (χ4v) is 0.742. The van der Waals surface area contributed by atoms with Gasteiger partial charge in [-0.3, -0.25) is 5.32 Å². The SMILES string of the molecule is C=C1CC(F)NCCO1. The Balaban J connectivity index is 2.37. The van der Waals surface area contributed by atoms with E-state index in [2.05, 4.69) is 11.9 Å². The van der Waals surface area contributed by atoms with Crippen molar-refractivity contribution in [3.63, 3.8) is 0 Å². The Morgan fingerprint density at radius 3 is 3.33 bits per heavy atom. The van der Waals surface area contributed by atoms with E-state index >= 15 is 0 Å². The molecule has 0 aliphatic carbocycles. The van der Waals surface area contributed by atoms with Crippen molar-refractivity contribution in [3.05, 3.63) is 12.3 Å². The maximum Gasteiger partial charge on any atom is 0.158 e. The molecule has 1 N–H and O–H groups in total. The fraction of sp³-hybridized carbons (Fsp3) is 0.667. The Kier molecular flexibility index (Phi) is 2.05. The van der Waals surface area contributed by atoms with E-state index in [1.54, 1.807) is 0 Å². The maximum absolute atomic E-state index is 12.4. The van der Waals surface area contributed by atoms with E-state index in [4.69, 9.17) is 4.74 Å². The molecule has 52 valence electrons. The highest BCUT2D eigenvalue weighted by Gasteiger charge is 2.11. The van der Waals surface area contributed by atoms with E-state index < -0.39 is 6.30 Å². The molecule has 0 saturated carbocycles. The van der Waals surface area contributed by atoms with Gasteiger partial charge in [0, 0.05) is 13.0 Å². The van der Waals surface area contributed by atoms with Gasteiger partial charge in [0.2, 0.25) is 0 Å². The van der Waals surface area contributed by atoms with Gasteiger partial charge in [-0.1, -0.05) is 6.58 Å². The van der Waals surface area contributed by atoms with Gasteiger partial charge in [-0.25, -0.2) is 4.39 Å². The number of rotatable bonds is 0. The molecule has 0 bridgehead atoms. The Bertz CT molecular complexity index is 116. The molecule has 0 amide bonds. The van der Waals surface area contributed by atoms with Gasteiger partial charge in [-0.15, -0.1) is 0 Å². The summed E-state index contributed by atoms with van der Waals surface area (Å²) in [5, 5.41) is 2.62. The normalized spacial score (nSPS) is 29.0. The van der Waals surface area contributed by atoms with E-state index in [9.17, 15) is 4.39 Å². The van der Waals surface area contributed by atoms with Crippen LogP contribution in [-0.4, -0.2) is 19.4 Å². The zero-order valence-electron chi connectivity index (χ0n) is 5.19. The van der Waals surface area contributed by atoms with Crippen molar-refractivity contribution < 1.29 is 9.13 Å². The maximum atomic E-state index is 12.4. The van der Waals surface area contributed by atoms with Crippen LogP contribution in [0.4, 0.5) is 4.39 Å². The molecule has 2 nitrogen and oxygen atoms in total. The monoisotopic (exact) mass is 131 g/mol. The van der Waals surface area contributed by atoms with E-state index in [0.717, 1.165) is 0 Å². The first-order valence-corrected chi connectivity index (χ1v) is 2.97. The molecular formula is C6H10FNO. The number of hydrogen-bond acceptors (Lipinski definition) is 2. The Labute approximate surface area is 53.7 Å². The highest BCUT2D eigenvalue weighted by molar-refractivity contribution is 4.86. The third kappa shape index (κ3) is 2.01. The zero-order valence-corrected chi connectivity index (χ0v) is 5.19. The first kappa shape index (κ1) is 6.55. The number of nitrogens with one attached hydrogen (secondary N) is 1. The van der Waals surface area contributed by atoms with Crippen molar-refractivity contribution in [2.45, 2.75) is 12.7 Å². The molecule has 1 atom stereocenters. The smallest absolute Gasteiger partial charge is 0.158 e. The average Bonchev–Trinajstić information content (AvgIpc) is 1.93. The molecule has 0 aromatic rings. The summed E-state index contributed by atoms with van der Waals surface area (Å²) in [6.07, 6.45) is -0.694. The topological polar surface area (TPSA) is 21.3 Å². The van der Waals surface area contributed by atoms with Gasteiger partial charge in [0.1, 0.15) is 6.61 Å². The van der Waals surface area contributed by atoms with Crippen molar-refractivity contribution in [2.75, 3.05) is 13.2 Å².